The summed E-state index contributed by atoms with van der Waals surface area (Å²) in [6.45, 7) is 3.51. The summed E-state index contributed by atoms with van der Waals surface area (Å²) in [5, 5.41) is 6.99. The van der Waals surface area contributed by atoms with Gasteiger partial charge in [0.1, 0.15) is 11.3 Å². The van der Waals surface area contributed by atoms with Crippen molar-refractivity contribution in [3.63, 3.8) is 0 Å². The smallest absolute Gasteiger partial charge is 0.225 e. The quantitative estimate of drug-likeness (QED) is 0.452. The Kier molecular flexibility index (Phi) is 6.50. The van der Waals surface area contributed by atoms with Crippen LogP contribution in [-0.2, 0) is 9.53 Å². The van der Waals surface area contributed by atoms with Crippen LogP contribution in [0.2, 0.25) is 5.02 Å². The number of primary amides is 1. The fourth-order valence-electron chi connectivity index (χ4n) is 4.93. The number of anilines is 3. The Morgan fingerprint density at radius 1 is 1.23 bits per heavy atom. The second-order valence-corrected chi connectivity index (χ2v) is 10.1. The number of halogens is 2. The van der Waals surface area contributed by atoms with Crippen molar-refractivity contribution < 1.29 is 13.9 Å². The number of carbonyl (C=O) groups is 1. The number of benzene rings is 1. The maximum atomic E-state index is 14.5. The van der Waals surface area contributed by atoms with Gasteiger partial charge in [-0.1, -0.05) is 11.6 Å². The lowest BCUT2D eigenvalue weighted by molar-refractivity contribution is -0.122. The lowest BCUT2D eigenvalue weighted by atomic mass is 9.85. The summed E-state index contributed by atoms with van der Waals surface area (Å²) in [7, 11) is 0. The first-order chi connectivity index (χ1) is 16.8. The number of carbonyl (C=O) groups excluding carboxylic acids is 1. The van der Waals surface area contributed by atoms with Crippen LogP contribution in [0.5, 0.6) is 0 Å². The minimum absolute atomic E-state index is 0.0155. The molecular weight excluding hydrogens is 473 g/mol. The molecule has 0 bridgehead atoms. The molecule has 3 aromatic rings. The minimum Gasteiger partial charge on any atom is -0.381 e. The van der Waals surface area contributed by atoms with Crippen molar-refractivity contribution in [2.45, 2.75) is 57.0 Å². The molecule has 0 radical (unpaired) electrons. The number of hydrogen-bond acceptors (Lipinski definition) is 7. The van der Waals surface area contributed by atoms with Crippen molar-refractivity contribution >= 4 is 46.3 Å². The Balaban J connectivity index is 1.52. The normalized spacial score (nSPS) is 22.1. The van der Waals surface area contributed by atoms with Crippen LogP contribution in [-0.4, -0.2) is 44.2 Å². The molecule has 0 spiro atoms. The Bertz CT molecular complexity index is 1240. The molecule has 2 aliphatic rings. The van der Waals surface area contributed by atoms with Crippen molar-refractivity contribution in [2.24, 2.45) is 11.7 Å². The lowest BCUT2D eigenvalue weighted by Crippen LogP contribution is -2.41. The molecule has 1 amide bonds. The molecule has 2 aromatic heterocycles. The molecule has 11 heteroatoms. The van der Waals surface area contributed by atoms with Crippen LogP contribution in [0.3, 0.4) is 0 Å². The van der Waals surface area contributed by atoms with Gasteiger partial charge in [0.25, 0.3) is 0 Å². The third-order valence-electron chi connectivity index (χ3n) is 7.08. The van der Waals surface area contributed by atoms with E-state index in [2.05, 4.69) is 22.5 Å². The highest BCUT2D eigenvalue weighted by Crippen LogP contribution is 2.37. The van der Waals surface area contributed by atoms with E-state index in [0.717, 1.165) is 25.7 Å². The molecule has 5 rings (SSSR count). The third-order valence-corrected chi connectivity index (χ3v) is 7.32. The highest BCUT2D eigenvalue weighted by atomic mass is 35.5. The molecule has 4 N–H and O–H groups in total. The van der Waals surface area contributed by atoms with E-state index in [0.29, 0.717) is 54.1 Å². The van der Waals surface area contributed by atoms with Crippen LogP contribution in [0.25, 0.3) is 11.2 Å². The van der Waals surface area contributed by atoms with E-state index in [-0.39, 0.29) is 29.1 Å². The molecule has 1 saturated heterocycles. The van der Waals surface area contributed by atoms with Gasteiger partial charge >= 0.3 is 0 Å². The van der Waals surface area contributed by atoms with E-state index >= 15 is 0 Å². The molecule has 186 valence electrons. The molecule has 0 atom stereocenters. The summed E-state index contributed by atoms with van der Waals surface area (Å²) in [5.74, 6) is 0.119. The fourth-order valence-corrected chi connectivity index (χ4v) is 5.11. The van der Waals surface area contributed by atoms with Gasteiger partial charge in [-0.05, 0) is 63.6 Å². The first kappa shape index (κ1) is 23.7. The molecule has 0 unspecified atom stereocenters. The van der Waals surface area contributed by atoms with E-state index in [1.165, 1.54) is 18.2 Å². The van der Waals surface area contributed by atoms with Crippen molar-refractivity contribution in [3.05, 3.63) is 35.2 Å². The molecule has 2 fully saturated rings. The molecule has 1 aromatic carbocycles. The fraction of sp³-hybridized carbons (Fsp3) is 0.500. The van der Waals surface area contributed by atoms with Crippen molar-refractivity contribution in [2.75, 3.05) is 23.8 Å². The van der Waals surface area contributed by atoms with E-state index in [9.17, 15) is 9.18 Å². The number of amides is 1. The van der Waals surface area contributed by atoms with E-state index in [4.69, 9.17) is 32.0 Å². The average Bonchev–Trinajstić information content (AvgIpc) is 3.18. The number of rotatable bonds is 6. The van der Waals surface area contributed by atoms with Crippen molar-refractivity contribution in [1.82, 2.24) is 19.5 Å². The first-order valence-corrected chi connectivity index (χ1v) is 12.3. The second kappa shape index (κ2) is 9.58. The lowest BCUT2D eigenvalue weighted by Gasteiger charge is -2.34. The summed E-state index contributed by atoms with van der Waals surface area (Å²) in [6, 6.07) is 4.35. The summed E-state index contributed by atoms with van der Waals surface area (Å²) >= 11 is 6.11. The summed E-state index contributed by atoms with van der Waals surface area (Å²) in [5.41, 5.74) is 6.84. The second-order valence-electron chi connectivity index (χ2n) is 9.66. The largest absolute Gasteiger partial charge is 0.381 e. The Labute approximate surface area is 207 Å². The van der Waals surface area contributed by atoms with Gasteiger partial charge in [0, 0.05) is 35.7 Å². The SMILES string of the molecule is CC1(Nc2ncc3nc(Nc4cc(Cl)ccc4F)n([C@H]4CC[C@H](C(N)=O)CC4)c3n2)CCOCC1. The predicted molar refractivity (Wildman–Crippen MR) is 132 cm³/mol. The van der Waals surface area contributed by atoms with Gasteiger partial charge in [-0.2, -0.15) is 4.98 Å². The molecular formula is C24H29ClFN7O2. The Morgan fingerprint density at radius 2 is 1.97 bits per heavy atom. The standard InChI is InChI=1S/C24H29ClFN7O2/c1-24(8-10-35-11-9-24)32-22-28-13-19-21(31-22)33(16-5-2-14(3-6-16)20(27)34)23(30-19)29-18-12-15(25)4-7-17(18)26/h4,7,12-14,16H,2-3,5-6,8-11H2,1H3,(H2,27,34)(H,29,30)(H,28,31,32)/t14-,16-. The van der Waals surface area contributed by atoms with Crippen molar-refractivity contribution in [3.8, 4) is 0 Å². The van der Waals surface area contributed by atoms with Crippen LogP contribution in [0.1, 0.15) is 51.5 Å². The van der Waals surface area contributed by atoms with E-state index < -0.39 is 5.82 Å². The first-order valence-electron chi connectivity index (χ1n) is 11.9. The van der Waals surface area contributed by atoms with Gasteiger partial charge in [0.2, 0.25) is 17.8 Å². The maximum absolute atomic E-state index is 14.5. The molecule has 1 saturated carbocycles. The molecule has 9 nitrogen and oxygen atoms in total. The van der Waals surface area contributed by atoms with Gasteiger partial charge in [-0.3, -0.25) is 9.36 Å². The summed E-state index contributed by atoms with van der Waals surface area (Å²) in [4.78, 5) is 25.7. The number of fused-ring (bicyclic) bond motifs is 1. The van der Waals surface area contributed by atoms with Gasteiger partial charge in [0.15, 0.2) is 5.65 Å². The predicted octanol–water partition coefficient (Wildman–Crippen LogP) is 4.56. The number of nitrogens with zero attached hydrogens (tertiary/aromatic N) is 4. The summed E-state index contributed by atoms with van der Waals surface area (Å²) in [6.07, 6.45) is 6.20. The van der Waals surface area contributed by atoms with Gasteiger partial charge in [-0.15, -0.1) is 0 Å². The molecule has 1 aliphatic carbocycles. The van der Waals surface area contributed by atoms with Crippen LogP contribution >= 0.6 is 11.6 Å². The minimum atomic E-state index is -0.439. The van der Waals surface area contributed by atoms with Gasteiger partial charge in [-0.25, -0.2) is 14.4 Å². The highest BCUT2D eigenvalue weighted by molar-refractivity contribution is 6.30. The maximum Gasteiger partial charge on any atom is 0.225 e. The number of aromatic nitrogens is 4. The van der Waals surface area contributed by atoms with E-state index in [1.807, 2.05) is 4.57 Å². The monoisotopic (exact) mass is 501 g/mol. The Hall–Kier alpha value is -2.98. The Morgan fingerprint density at radius 3 is 2.69 bits per heavy atom. The zero-order valence-corrected chi connectivity index (χ0v) is 20.3. The van der Waals surface area contributed by atoms with Crippen LogP contribution < -0.4 is 16.4 Å². The molecule has 3 heterocycles. The highest BCUT2D eigenvalue weighted by Gasteiger charge is 2.31. The van der Waals surface area contributed by atoms with E-state index in [1.54, 1.807) is 6.20 Å². The number of ether oxygens (including phenoxy) is 1. The van der Waals surface area contributed by atoms with Gasteiger partial charge < -0.3 is 21.1 Å². The third kappa shape index (κ3) is 5.04. The van der Waals surface area contributed by atoms with Crippen LogP contribution in [0.15, 0.2) is 24.4 Å². The summed E-state index contributed by atoms with van der Waals surface area (Å²) < 4.78 is 22.0. The number of nitrogens with one attached hydrogen (secondary N) is 2. The topological polar surface area (TPSA) is 120 Å². The van der Waals surface area contributed by atoms with Gasteiger partial charge in [0.05, 0.1) is 11.9 Å². The number of hydrogen-bond donors (Lipinski definition) is 3. The number of imidazole rings is 1. The number of nitrogens with two attached hydrogens (primary N) is 1. The van der Waals surface area contributed by atoms with Crippen LogP contribution in [0.4, 0.5) is 22.0 Å². The van der Waals surface area contributed by atoms with Crippen molar-refractivity contribution in [1.29, 1.82) is 0 Å². The van der Waals surface area contributed by atoms with Crippen LogP contribution in [0, 0.1) is 11.7 Å². The molecule has 1 aliphatic heterocycles. The molecule has 35 heavy (non-hydrogen) atoms. The zero-order valence-electron chi connectivity index (χ0n) is 19.6. The zero-order chi connectivity index (χ0) is 24.6. The average molecular weight is 502 g/mol.